The topological polar surface area (TPSA) is 117 Å². The van der Waals surface area contributed by atoms with Gasteiger partial charge in [0.15, 0.2) is 0 Å². The molecule has 2 aromatic rings. The van der Waals surface area contributed by atoms with Crippen LogP contribution in [0.25, 0.3) is 0 Å². The fraction of sp³-hybridized carbons (Fsp3) is 0.529. The van der Waals surface area contributed by atoms with Crippen molar-refractivity contribution in [3.63, 3.8) is 0 Å². The van der Waals surface area contributed by atoms with Crippen LogP contribution >= 0.6 is 0 Å². The van der Waals surface area contributed by atoms with Crippen molar-refractivity contribution in [2.24, 2.45) is 5.92 Å². The first-order valence-electron chi connectivity index (χ1n) is 8.77. The Morgan fingerprint density at radius 3 is 2.58 bits per heavy atom. The molecule has 26 heavy (non-hydrogen) atoms. The average molecular weight is 378 g/mol. The van der Waals surface area contributed by atoms with Gasteiger partial charge in [-0.15, -0.1) is 5.10 Å². The standard InChI is InChI=1S/C17H22N4O4S/c22-16-12(9-21-10-15(18-20-21)11-6-7-11)8-14(17(16)23)19-26(24,25)13-4-2-1-3-5-13/h1-5,10-12,14,16-17,19,22-23H,6-9H2/t12-,14-,16-,17+/m1/s1. The molecule has 0 amide bonds. The van der Waals surface area contributed by atoms with Crippen LogP contribution in [0.5, 0.6) is 0 Å². The first-order valence-corrected chi connectivity index (χ1v) is 10.3. The van der Waals surface area contributed by atoms with Gasteiger partial charge in [-0.2, -0.15) is 0 Å². The molecule has 3 N–H and O–H groups in total. The van der Waals surface area contributed by atoms with E-state index in [2.05, 4.69) is 15.0 Å². The molecule has 0 radical (unpaired) electrons. The van der Waals surface area contributed by atoms with Crippen molar-refractivity contribution in [1.82, 2.24) is 19.7 Å². The molecule has 2 saturated carbocycles. The van der Waals surface area contributed by atoms with Crippen molar-refractivity contribution >= 4 is 10.0 Å². The summed E-state index contributed by atoms with van der Waals surface area (Å²) in [5.41, 5.74) is 0.958. The second-order valence-electron chi connectivity index (χ2n) is 7.16. The summed E-state index contributed by atoms with van der Waals surface area (Å²) < 4.78 is 29.1. The van der Waals surface area contributed by atoms with Gasteiger partial charge in [-0.1, -0.05) is 23.4 Å². The van der Waals surface area contributed by atoms with Crippen LogP contribution in [0.15, 0.2) is 41.4 Å². The maximum atomic E-state index is 12.5. The number of hydrogen-bond acceptors (Lipinski definition) is 6. The molecule has 2 aliphatic rings. The Labute approximate surface area is 151 Å². The van der Waals surface area contributed by atoms with E-state index in [1.807, 2.05) is 6.20 Å². The van der Waals surface area contributed by atoms with Crippen molar-refractivity contribution < 1.29 is 18.6 Å². The fourth-order valence-electron chi connectivity index (χ4n) is 3.50. The molecule has 0 spiro atoms. The van der Waals surface area contributed by atoms with Gasteiger partial charge >= 0.3 is 0 Å². The van der Waals surface area contributed by atoms with Gasteiger partial charge in [0.2, 0.25) is 10.0 Å². The molecule has 9 heteroatoms. The van der Waals surface area contributed by atoms with Gasteiger partial charge in [-0.25, -0.2) is 13.1 Å². The smallest absolute Gasteiger partial charge is 0.240 e. The predicted octanol–water partition coefficient (Wildman–Crippen LogP) is 0.244. The normalized spacial score (nSPS) is 29.2. The van der Waals surface area contributed by atoms with Crippen molar-refractivity contribution in [3.05, 3.63) is 42.2 Å². The second-order valence-corrected chi connectivity index (χ2v) is 8.87. The molecule has 2 aliphatic carbocycles. The summed E-state index contributed by atoms with van der Waals surface area (Å²) in [6, 6.07) is 7.25. The minimum Gasteiger partial charge on any atom is -0.390 e. The van der Waals surface area contributed by atoms with Crippen LogP contribution in [-0.2, 0) is 16.6 Å². The molecule has 4 rings (SSSR count). The van der Waals surface area contributed by atoms with E-state index in [0.717, 1.165) is 18.5 Å². The molecule has 0 bridgehead atoms. The Bertz CT molecular complexity index is 866. The van der Waals surface area contributed by atoms with Crippen LogP contribution in [0.3, 0.4) is 0 Å². The van der Waals surface area contributed by atoms with E-state index in [-0.39, 0.29) is 10.8 Å². The summed E-state index contributed by atoms with van der Waals surface area (Å²) in [6.45, 7) is 0.390. The highest BCUT2D eigenvalue weighted by molar-refractivity contribution is 7.89. The first-order chi connectivity index (χ1) is 12.4. The lowest BCUT2D eigenvalue weighted by molar-refractivity contribution is 0.00972. The molecule has 2 fully saturated rings. The number of sulfonamides is 1. The zero-order chi connectivity index (χ0) is 18.3. The highest BCUT2D eigenvalue weighted by Crippen LogP contribution is 2.38. The van der Waals surface area contributed by atoms with E-state index < -0.39 is 28.3 Å². The van der Waals surface area contributed by atoms with Gasteiger partial charge in [0.25, 0.3) is 0 Å². The van der Waals surface area contributed by atoms with E-state index in [9.17, 15) is 18.6 Å². The van der Waals surface area contributed by atoms with Crippen LogP contribution in [0.1, 0.15) is 30.9 Å². The molecule has 8 nitrogen and oxygen atoms in total. The molecule has 1 heterocycles. The Balaban J connectivity index is 1.43. The SMILES string of the molecule is O=S(=O)(N[C@@H]1C[C@H](Cn2cc(C3CC3)nn2)[C@@H](O)[C@H]1O)c1ccccc1. The van der Waals surface area contributed by atoms with Crippen molar-refractivity contribution in [2.75, 3.05) is 0 Å². The van der Waals surface area contributed by atoms with Crippen molar-refractivity contribution in [3.8, 4) is 0 Å². The molecule has 4 atom stereocenters. The third kappa shape index (κ3) is 3.52. The lowest BCUT2D eigenvalue weighted by Crippen LogP contribution is -2.43. The molecular weight excluding hydrogens is 356 g/mol. The molecule has 0 saturated heterocycles. The Kier molecular flexibility index (Phi) is 4.55. The lowest BCUT2D eigenvalue weighted by Gasteiger charge is -2.18. The van der Waals surface area contributed by atoms with Crippen LogP contribution in [0, 0.1) is 5.92 Å². The number of aromatic nitrogens is 3. The maximum Gasteiger partial charge on any atom is 0.240 e. The second kappa shape index (κ2) is 6.73. The van der Waals surface area contributed by atoms with Gasteiger partial charge in [-0.05, 0) is 31.4 Å². The zero-order valence-electron chi connectivity index (χ0n) is 14.1. The minimum absolute atomic E-state index is 0.135. The van der Waals surface area contributed by atoms with E-state index >= 15 is 0 Å². The number of aliphatic hydroxyl groups is 2. The van der Waals surface area contributed by atoms with E-state index in [4.69, 9.17) is 0 Å². The third-order valence-corrected chi connectivity index (χ3v) is 6.64. The molecule has 0 unspecified atom stereocenters. The number of benzene rings is 1. The van der Waals surface area contributed by atoms with Gasteiger partial charge in [0.05, 0.1) is 28.8 Å². The Hall–Kier alpha value is -1.81. The molecule has 1 aromatic carbocycles. The summed E-state index contributed by atoms with van der Waals surface area (Å²) >= 11 is 0. The van der Waals surface area contributed by atoms with Crippen LogP contribution < -0.4 is 4.72 Å². The van der Waals surface area contributed by atoms with Crippen molar-refractivity contribution in [2.45, 2.75) is 54.9 Å². The van der Waals surface area contributed by atoms with Crippen LogP contribution in [0.4, 0.5) is 0 Å². The largest absolute Gasteiger partial charge is 0.390 e. The number of rotatable bonds is 6. The number of nitrogens with zero attached hydrogens (tertiary/aromatic N) is 3. The highest BCUT2D eigenvalue weighted by atomic mass is 32.2. The van der Waals surface area contributed by atoms with E-state index in [1.54, 1.807) is 22.9 Å². The molecule has 0 aliphatic heterocycles. The maximum absolute atomic E-state index is 12.5. The van der Waals surface area contributed by atoms with Gasteiger partial charge in [-0.3, -0.25) is 4.68 Å². The summed E-state index contributed by atoms with van der Waals surface area (Å²) in [4.78, 5) is 0.135. The quantitative estimate of drug-likeness (QED) is 0.663. The average Bonchev–Trinajstić information content (AvgIpc) is 3.33. The summed E-state index contributed by atoms with van der Waals surface area (Å²) in [7, 11) is -3.75. The molecular formula is C17H22N4O4S. The summed E-state index contributed by atoms with van der Waals surface area (Å²) in [5.74, 6) is 0.190. The summed E-state index contributed by atoms with van der Waals surface area (Å²) in [5, 5.41) is 28.9. The number of hydrogen-bond donors (Lipinski definition) is 3. The minimum atomic E-state index is -3.75. The van der Waals surface area contributed by atoms with Gasteiger partial charge in [0, 0.05) is 24.6 Å². The van der Waals surface area contributed by atoms with Crippen LogP contribution in [0.2, 0.25) is 0 Å². The number of nitrogens with one attached hydrogen (secondary N) is 1. The number of aliphatic hydroxyl groups excluding tert-OH is 2. The summed E-state index contributed by atoms with van der Waals surface area (Å²) in [6.07, 6.45) is 2.28. The molecule has 1 aromatic heterocycles. The van der Waals surface area contributed by atoms with E-state index in [1.165, 1.54) is 12.1 Å². The zero-order valence-corrected chi connectivity index (χ0v) is 15.0. The monoisotopic (exact) mass is 378 g/mol. The van der Waals surface area contributed by atoms with Gasteiger partial charge < -0.3 is 10.2 Å². The lowest BCUT2D eigenvalue weighted by atomic mass is 10.1. The van der Waals surface area contributed by atoms with Gasteiger partial charge in [0.1, 0.15) is 0 Å². The first kappa shape index (κ1) is 17.6. The van der Waals surface area contributed by atoms with Crippen molar-refractivity contribution in [1.29, 1.82) is 0 Å². The molecule has 140 valence electrons. The van der Waals surface area contributed by atoms with Crippen LogP contribution in [-0.4, -0.2) is 51.9 Å². The highest BCUT2D eigenvalue weighted by Gasteiger charge is 2.43. The third-order valence-electron chi connectivity index (χ3n) is 5.14. The predicted molar refractivity (Wildman–Crippen MR) is 92.7 cm³/mol. The Morgan fingerprint density at radius 2 is 1.88 bits per heavy atom. The Morgan fingerprint density at radius 1 is 1.15 bits per heavy atom. The fourth-order valence-corrected chi connectivity index (χ4v) is 4.78. The van der Waals surface area contributed by atoms with E-state index in [0.29, 0.717) is 18.9 Å².